The van der Waals surface area contributed by atoms with Crippen molar-refractivity contribution in [2.75, 3.05) is 19.6 Å². The van der Waals surface area contributed by atoms with Gasteiger partial charge in [-0.15, -0.1) is 0 Å². The van der Waals surface area contributed by atoms with Crippen molar-refractivity contribution >= 4 is 0 Å². The molecule has 116 valence electrons. The Morgan fingerprint density at radius 2 is 1.80 bits per heavy atom. The first-order valence-electron chi connectivity index (χ1n) is 9.07. The second-order valence-corrected chi connectivity index (χ2v) is 8.32. The molecule has 1 saturated heterocycles. The maximum Gasteiger partial charge on any atom is 0.0309 e. The average Bonchev–Trinajstić information content (AvgIpc) is 3.24. The summed E-state index contributed by atoms with van der Waals surface area (Å²) in [7, 11) is 0. The Morgan fingerprint density at radius 3 is 2.40 bits per heavy atom. The first-order valence-corrected chi connectivity index (χ1v) is 9.07. The van der Waals surface area contributed by atoms with Gasteiger partial charge in [0.2, 0.25) is 0 Å². The molecule has 3 aliphatic rings. The van der Waals surface area contributed by atoms with E-state index in [1.165, 1.54) is 64.6 Å². The van der Waals surface area contributed by atoms with E-state index in [0.29, 0.717) is 5.54 Å². The number of rotatable bonds is 4. The van der Waals surface area contributed by atoms with Crippen molar-refractivity contribution in [2.45, 2.75) is 77.3 Å². The van der Waals surface area contributed by atoms with E-state index in [1.54, 1.807) is 0 Å². The molecular formula is C18H34N2. The van der Waals surface area contributed by atoms with Gasteiger partial charge in [-0.2, -0.15) is 0 Å². The molecule has 1 heterocycles. The van der Waals surface area contributed by atoms with Crippen molar-refractivity contribution in [2.24, 2.45) is 17.8 Å². The van der Waals surface area contributed by atoms with Crippen LogP contribution in [0.25, 0.3) is 0 Å². The highest BCUT2D eigenvalue weighted by molar-refractivity contribution is 5.04. The third kappa shape index (κ3) is 3.22. The Labute approximate surface area is 125 Å². The molecule has 20 heavy (non-hydrogen) atoms. The minimum atomic E-state index is 0.403. The standard InChI is InChI=1S/C18H34N2/c1-14(2)17-11-19-18(3,16-9-10-16)13-20(17)12-15-7-5-4-6-8-15/h14-17,19H,4-13H2,1-3H3. The number of nitrogens with one attached hydrogen (secondary N) is 1. The zero-order valence-corrected chi connectivity index (χ0v) is 13.8. The van der Waals surface area contributed by atoms with Gasteiger partial charge in [-0.05, 0) is 50.4 Å². The molecule has 0 aromatic carbocycles. The third-order valence-corrected chi connectivity index (χ3v) is 6.18. The van der Waals surface area contributed by atoms with Gasteiger partial charge in [-0.25, -0.2) is 0 Å². The SMILES string of the molecule is CC(C)C1CNC(C)(C2CC2)CN1CC1CCCCC1. The first-order chi connectivity index (χ1) is 9.58. The lowest BCUT2D eigenvalue weighted by atomic mass is 9.84. The molecular weight excluding hydrogens is 244 g/mol. The molecule has 2 nitrogen and oxygen atoms in total. The van der Waals surface area contributed by atoms with Gasteiger partial charge in [-0.3, -0.25) is 4.90 Å². The third-order valence-electron chi connectivity index (χ3n) is 6.18. The van der Waals surface area contributed by atoms with Gasteiger partial charge < -0.3 is 5.32 Å². The maximum atomic E-state index is 3.91. The predicted molar refractivity (Wildman–Crippen MR) is 85.9 cm³/mol. The lowest BCUT2D eigenvalue weighted by Gasteiger charge is -2.49. The Kier molecular flexibility index (Phi) is 4.42. The molecule has 2 aliphatic carbocycles. The highest BCUT2D eigenvalue weighted by Crippen LogP contribution is 2.42. The van der Waals surface area contributed by atoms with Crippen molar-refractivity contribution in [1.82, 2.24) is 10.2 Å². The fraction of sp³-hybridized carbons (Fsp3) is 1.00. The second-order valence-electron chi connectivity index (χ2n) is 8.32. The van der Waals surface area contributed by atoms with E-state index in [9.17, 15) is 0 Å². The van der Waals surface area contributed by atoms with Crippen molar-refractivity contribution < 1.29 is 0 Å². The van der Waals surface area contributed by atoms with Gasteiger partial charge in [0, 0.05) is 31.2 Å². The summed E-state index contributed by atoms with van der Waals surface area (Å²) in [5.41, 5.74) is 0.403. The van der Waals surface area contributed by atoms with Crippen LogP contribution in [0.1, 0.15) is 65.7 Å². The average molecular weight is 278 g/mol. The second kappa shape index (κ2) is 5.96. The molecule has 2 atom stereocenters. The van der Waals surface area contributed by atoms with Gasteiger partial charge in [-0.1, -0.05) is 33.1 Å². The maximum absolute atomic E-state index is 3.91. The first kappa shape index (κ1) is 14.8. The number of piperazine rings is 1. The van der Waals surface area contributed by atoms with Crippen molar-refractivity contribution in [3.8, 4) is 0 Å². The number of hydrogen-bond donors (Lipinski definition) is 1. The summed E-state index contributed by atoms with van der Waals surface area (Å²) in [5.74, 6) is 2.70. The van der Waals surface area contributed by atoms with E-state index in [-0.39, 0.29) is 0 Å². The molecule has 0 spiro atoms. The molecule has 2 heteroatoms. The molecule has 1 aliphatic heterocycles. The summed E-state index contributed by atoms with van der Waals surface area (Å²) < 4.78 is 0. The van der Waals surface area contributed by atoms with E-state index in [2.05, 4.69) is 31.0 Å². The van der Waals surface area contributed by atoms with E-state index in [1.807, 2.05) is 0 Å². The molecule has 0 aromatic rings. The van der Waals surface area contributed by atoms with Gasteiger partial charge in [0.15, 0.2) is 0 Å². The van der Waals surface area contributed by atoms with Gasteiger partial charge in [0.05, 0.1) is 0 Å². The summed E-state index contributed by atoms with van der Waals surface area (Å²) in [6.45, 7) is 11.1. The van der Waals surface area contributed by atoms with E-state index in [0.717, 1.165) is 23.8 Å². The molecule has 2 saturated carbocycles. The van der Waals surface area contributed by atoms with Crippen LogP contribution in [0.4, 0.5) is 0 Å². The zero-order chi connectivity index (χ0) is 14.2. The zero-order valence-electron chi connectivity index (χ0n) is 13.8. The van der Waals surface area contributed by atoms with Gasteiger partial charge in [0.25, 0.3) is 0 Å². The molecule has 3 fully saturated rings. The molecule has 1 N–H and O–H groups in total. The monoisotopic (exact) mass is 278 g/mol. The Hall–Kier alpha value is -0.0800. The lowest BCUT2D eigenvalue weighted by molar-refractivity contribution is 0.0352. The summed E-state index contributed by atoms with van der Waals surface area (Å²) in [6, 6.07) is 0.753. The Balaban J connectivity index is 1.65. The molecule has 2 unspecified atom stereocenters. The molecule has 3 rings (SSSR count). The molecule has 0 radical (unpaired) electrons. The van der Waals surface area contributed by atoms with E-state index < -0.39 is 0 Å². The summed E-state index contributed by atoms with van der Waals surface area (Å²) in [5, 5.41) is 3.91. The topological polar surface area (TPSA) is 15.3 Å². The number of nitrogens with zero attached hydrogens (tertiary/aromatic N) is 1. The van der Waals surface area contributed by atoms with Crippen LogP contribution in [0.15, 0.2) is 0 Å². The summed E-state index contributed by atoms with van der Waals surface area (Å²) >= 11 is 0. The van der Waals surface area contributed by atoms with Crippen LogP contribution >= 0.6 is 0 Å². The Bertz CT molecular complexity index is 317. The predicted octanol–water partition coefficient (Wildman–Crippen LogP) is 3.67. The highest BCUT2D eigenvalue weighted by Gasteiger charge is 2.46. The van der Waals surface area contributed by atoms with Crippen molar-refractivity contribution in [1.29, 1.82) is 0 Å². The summed E-state index contributed by atoms with van der Waals surface area (Å²) in [6.07, 6.45) is 10.3. The molecule has 0 aromatic heterocycles. The van der Waals surface area contributed by atoms with Crippen LogP contribution in [0.5, 0.6) is 0 Å². The van der Waals surface area contributed by atoms with Crippen molar-refractivity contribution in [3.05, 3.63) is 0 Å². The molecule has 0 bridgehead atoms. The van der Waals surface area contributed by atoms with Crippen LogP contribution in [0, 0.1) is 17.8 Å². The van der Waals surface area contributed by atoms with Crippen LogP contribution in [-0.4, -0.2) is 36.1 Å². The Morgan fingerprint density at radius 1 is 1.10 bits per heavy atom. The minimum Gasteiger partial charge on any atom is -0.308 e. The quantitative estimate of drug-likeness (QED) is 0.844. The summed E-state index contributed by atoms with van der Waals surface area (Å²) in [4.78, 5) is 2.87. The van der Waals surface area contributed by atoms with Crippen LogP contribution in [0.2, 0.25) is 0 Å². The van der Waals surface area contributed by atoms with Crippen molar-refractivity contribution in [3.63, 3.8) is 0 Å². The van der Waals surface area contributed by atoms with Gasteiger partial charge >= 0.3 is 0 Å². The highest BCUT2D eigenvalue weighted by atomic mass is 15.3. The fourth-order valence-corrected chi connectivity index (χ4v) is 4.61. The van der Waals surface area contributed by atoms with Gasteiger partial charge in [0.1, 0.15) is 0 Å². The van der Waals surface area contributed by atoms with Crippen LogP contribution in [0.3, 0.4) is 0 Å². The molecule has 0 amide bonds. The largest absolute Gasteiger partial charge is 0.308 e. The normalized spacial score (nSPS) is 37.5. The minimum absolute atomic E-state index is 0.403. The van der Waals surface area contributed by atoms with E-state index in [4.69, 9.17) is 0 Å². The number of hydrogen-bond acceptors (Lipinski definition) is 2. The smallest absolute Gasteiger partial charge is 0.0309 e. The lowest BCUT2D eigenvalue weighted by Crippen LogP contribution is -2.65. The fourth-order valence-electron chi connectivity index (χ4n) is 4.61. The van der Waals surface area contributed by atoms with Crippen LogP contribution < -0.4 is 5.32 Å². The van der Waals surface area contributed by atoms with E-state index >= 15 is 0 Å². The van der Waals surface area contributed by atoms with Crippen LogP contribution in [-0.2, 0) is 0 Å².